The summed E-state index contributed by atoms with van der Waals surface area (Å²) >= 11 is 12.4. The SMILES string of the molecule is COc1cccc(-c2cnc(Cl)c(Nc3ccccc3Cl)c2C#N)c1. The van der Waals surface area contributed by atoms with Crippen molar-refractivity contribution in [2.75, 3.05) is 12.4 Å². The number of anilines is 2. The van der Waals surface area contributed by atoms with Crippen LogP contribution >= 0.6 is 23.2 Å². The maximum Gasteiger partial charge on any atom is 0.153 e. The second-order valence-corrected chi connectivity index (χ2v) is 5.93. The third-order valence-corrected chi connectivity index (χ3v) is 4.27. The average molecular weight is 370 g/mol. The number of rotatable bonds is 4. The molecule has 0 aliphatic rings. The van der Waals surface area contributed by atoms with E-state index in [1.54, 1.807) is 25.4 Å². The summed E-state index contributed by atoms with van der Waals surface area (Å²) in [6, 6.07) is 16.8. The molecule has 0 bridgehead atoms. The predicted octanol–water partition coefficient (Wildman–Crippen LogP) is 5.68. The lowest BCUT2D eigenvalue weighted by atomic mass is 10.0. The van der Waals surface area contributed by atoms with Gasteiger partial charge >= 0.3 is 0 Å². The van der Waals surface area contributed by atoms with Crippen LogP contribution in [0.3, 0.4) is 0 Å². The van der Waals surface area contributed by atoms with E-state index in [1.807, 2.05) is 36.4 Å². The molecule has 0 unspecified atom stereocenters. The molecule has 3 rings (SSSR count). The number of hydrogen-bond donors (Lipinski definition) is 1. The second kappa shape index (κ2) is 7.43. The maximum atomic E-state index is 9.72. The molecule has 3 aromatic rings. The van der Waals surface area contributed by atoms with Gasteiger partial charge in [0.05, 0.1) is 29.1 Å². The van der Waals surface area contributed by atoms with E-state index in [0.29, 0.717) is 33.3 Å². The normalized spacial score (nSPS) is 10.2. The Morgan fingerprint density at radius 2 is 1.92 bits per heavy atom. The van der Waals surface area contributed by atoms with Crippen LogP contribution in [-0.4, -0.2) is 12.1 Å². The minimum atomic E-state index is 0.197. The molecule has 0 aliphatic carbocycles. The number of nitrogens with zero attached hydrogens (tertiary/aromatic N) is 2. The minimum absolute atomic E-state index is 0.197. The molecule has 0 aliphatic heterocycles. The molecule has 0 saturated carbocycles. The van der Waals surface area contributed by atoms with E-state index >= 15 is 0 Å². The first kappa shape index (κ1) is 17.1. The predicted molar refractivity (Wildman–Crippen MR) is 101 cm³/mol. The van der Waals surface area contributed by atoms with Gasteiger partial charge in [-0.15, -0.1) is 0 Å². The lowest BCUT2D eigenvalue weighted by Gasteiger charge is -2.14. The standard InChI is InChI=1S/C19H13Cl2N3O/c1-25-13-6-4-5-12(9-13)15-11-23-19(21)18(14(15)10-22)24-17-8-3-2-7-16(17)20/h2-9,11,24H,1H3. The Hall–Kier alpha value is -2.74. The topological polar surface area (TPSA) is 57.9 Å². The third kappa shape index (κ3) is 3.53. The van der Waals surface area contributed by atoms with Gasteiger partial charge < -0.3 is 10.1 Å². The van der Waals surface area contributed by atoms with Crippen molar-refractivity contribution in [3.05, 3.63) is 70.5 Å². The van der Waals surface area contributed by atoms with Crippen molar-refractivity contribution in [1.29, 1.82) is 5.26 Å². The fourth-order valence-corrected chi connectivity index (χ4v) is 2.80. The largest absolute Gasteiger partial charge is 0.497 e. The van der Waals surface area contributed by atoms with E-state index in [4.69, 9.17) is 27.9 Å². The third-order valence-electron chi connectivity index (χ3n) is 3.66. The number of hydrogen-bond acceptors (Lipinski definition) is 4. The Balaban J connectivity index is 2.13. The van der Waals surface area contributed by atoms with Gasteiger partial charge in [-0.2, -0.15) is 5.26 Å². The Bertz CT molecular complexity index is 967. The van der Waals surface area contributed by atoms with Crippen molar-refractivity contribution in [2.45, 2.75) is 0 Å². The summed E-state index contributed by atoms with van der Waals surface area (Å²) in [4.78, 5) is 4.21. The summed E-state index contributed by atoms with van der Waals surface area (Å²) in [5, 5.41) is 13.6. The number of aromatic nitrogens is 1. The highest BCUT2D eigenvalue weighted by atomic mass is 35.5. The lowest BCUT2D eigenvalue weighted by Crippen LogP contribution is -1.99. The molecule has 6 heteroatoms. The van der Waals surface area contributed by atoms with E-state index in [-0.39, 0.29) is 5.15 Å². The molecule has 2 aromatic carbocycles. The van der Waals surface area contributed by atoms with Crippen molar-refractivity contribution >= 4 is 34.6 Å². The zero-order valence-corrected chi connectivity index (χ0v) is 14.8. The fraction of sp³-hybridized carbons (Fsp3) is 0.0526. The van der Waals surface area contributed by atoms with Gasteiger partial charge in [-0.3, -0.25) is 0 Å². The van der Waals surface area contributed by atoms with Gasteiger partial charge in [-0.1, -0.05) is 47.5 Å². The van der Waals surface area contributed by atoms with Gasteiger partial charge in [0.2, 0.25) is 0 Å². The second-order valence-electron chi connectivity index (χ2n) is 5.16. The van der Waals surface area contributed by atoms with Crippen molar-refractivity contribution in [2.24, 2.45) is 0 Å². The Labute approximate surface area is 155 Å². The number of methoxy groups -OCH3 is 1. The number of halogens is 2. The van der Waals surface area contributed by atoms with Crippen LogP contribution in [0.4, 0.5) is 11.4 Å². The van der Waals surface area contributed by atoms with Crippen molar-refractivity contribution in [3.63, 3.8) is 0 Å². The zero-order chi connectivity index (χ0) is 17.8. The molecule has 1 heterocycles. The summed E-state index contributed by atoms with van der Waals surface area (Å²) in [6.07, 6.45) is 1.58. The summed E-state index contributed by atoms with van der Waals surface area (Å²) in [5.74, 6) is 0.692. The molecule has 124 valence electrons. The first-order valence-corrected chi connectivity index (χ1v) is 8.14. The number of nitriles is 1. The van der Waals surface area contributed by atoms with Crippen LogP contribution < -0.4 is 10.1 Å². The number of para-hydroxylation sites is 1. The maximum absolute atomic E-state index is 9.72. The van der Waals surface area contributed by atoms with Gasteiger partial charge in [-0.05, 0) is 29.8 Å². The highest BCUT2D eigenvalue weighted by Gasteiger charge is 2.16. The molecule has 4 nitrogen and oxygen atoms in total. The van der Waals surface area contributed by atoms with Gasteiger partial charge in [0.15, 0.2) is 5.15 Å². The van der Waals surface area contributed by atoms with Crippen LogP contribution in [0.1, 0.15) is 5.56 Å². The van der Waals surface area contributed by atoms with Crippen molar-refractivity contribution in [1.82, 2.24) is 4.98 Å². The molecule has 0 fully saturated rings. The Morgan fingerprint density at radius 3 is 2.64 bits per heavy atom. The lowest BCUT2D eigenvalue weighted by molar-refractivity contribution is 0.415. The van der Waals surface area contributed by atoms with Crippen LogP contribution in [0, 0.1) is 11.3 Å². The van der Waals surface area contributed by atoms with Crippen LogP contribution in [-0.2, 0) is 0 Å². The van der Waals surface area contributed by atoms with Crippen molar-refractivity contribution in [3.8, 4) is 22.9 Å². The monoisotopic (exact) mass is 369 g/mol. The van der Waals surface area contributed by atoms with Gasteiger partial charge in [0, 0.05) is 11.8 Å². The van der Waals surface area contributed by atoms with E-state index in [9.17, 15) is 5.26 Å². The molecule has 1 N–H and O–H groups in total. The number of benzene rings is 2. The molecular formula is C19H13Cl2N3O. The van der Waals surface area contributed by atoms with E-state index in [2.05, 4.69) is 16.4 Å². The highest BCUT2D eigenvalue weighted by molar-refractivity contribution is 6.34. The molecule has 1 aromatic heterocycles. The molecule has 0 amide bonds. The summed E-state index contributed by atoms with van der Waals surface area (Å²) in [5.41, 5.74) is 2.90. The number of nitrogens with one attached hydrogen (secondary N) is 1. The fourth-order valence-electron chi connectivity index (χ4n) is 2.43. The molecule has 0 spiro atoms. The molecule has 0 atom stereocenters. The summed E-state index contributed by atoms with van der Waals surface area (Å²) < 4.78 is 5.25. The molecule has 0 radical (unpaired) electrons. The Morgan fingerprint density at radius 1 is 1.12 bits per heavy atom. The van der Waals surface area contributed by atoms with Crippen LogP contribution in [0.5, 0.6) is 5.75 Å². The summed E-state index contributed by atoms with van der Waals surface area (Å²) in [6.45, 7) is 0. The average Bonchev–Trinajstić information content (AvgIpc) is 2.64. The summed E-state index contributed by atoms with van der Waals surface area (Å²) in [7, 11) is 1.59. The highest BCUT2D eigenvalue weighted by Crippen LogP contribution is 2.36. The molecular weight excluding hydrogens is 357 g/mol. The van der Waals surface area contributed by atoms with Crippen LogP contribution in [0.25, 0.3) is 11.1 Å². The van der Waals surface area contributed by atoms with Gasteiger partial charge in [-0.25, -0.2) is 4.98 Å². The molecule has 25 heavy (non-hydrogen) atoms. The Kier molecular flexibility index (Phi) is 5.08. The van der Waals surface area contributed by atoms with Crippen LogP contribution in [0.2, 0.25) is 10.2 Å². The van der Waals surface area contributed by atoms with E-state index in [1.165, 1.54) is 0 Å². The van der Waals surface area contributed by atoms with Gasteiger partial charge in [0.25, 0.3) is 0 Å². The van der Waals surface area contributed by atoms with E-state index in [0.717, 1.165) is 5.56 Å². The first-order chi connectivity index (χ1) is 12.1. The van der Waals surface area contributed by atoms with E-state index < -0.39 is 0 Å². The van der Waals surface area contributed by atoms with Crippen molar-refractivity contribution < 1.29 is 4.74 Å². The minimum Gasteiger partial charge on any atom is -0.497 e. The molecule has 0 saturated heterocycles. The smallest absolute Gasteiger partial charge is 0.153 e. The number of pyridine rings is 1. The van der Waals surface area contributed by atoms with Gasteiger partial charge in [0.1, 0.15) is 11.8 Å². The quantitative estimate of drug-likeness (QED) is 0.601. The zero-order valence-electron chi connectivity index (χ0n) is 13.3. The first-order valence-electron chi connectivity index (χ1n) is 7.38. The van der Waals surface area contributed by atoms with Crippen LogP contribution in [0.15, 0.2) is 54.7 Å². The number of ether oxygens (including phenoxy) is 1.